The number of thioether (sulfide) groups is 1. The van der Waals surface area contributed by atoms with Crippen molar-refractivity contribution >= 4 is 11.8 Å². The van der Waals surface area contributed by atoms with Gasteiger partial charge in [-0.2, -0.15) is 16.7 Å². The predicted octanol–water partition coefficient (Wildman–Crippen LogP) is 3.42. The van der Waals surface area contributed by atoms with Crippen molar-refractivity contribution in [2.75, 3.05) is 11.5 Å². The average Bonchev–Trinajstić information content (AvgIpc) is 2.49. The van der Waals surface area contributed by atoms with Crippen molar-refractivity contribution < 1.29 is 4.74 Å². The molecular formula is C15H16N2OS. The standard InChI is InChI=1S/C15H16N2OS/c1-2-4-12(5-3-1)15-16-9-6-14(17-15)18-13-7-10-19-11-8-13/h1-6,9,13H,7-8,10-11H2. The number of hydrogen-bond acceptors (Lipinski definition) is 4. The highest BCUT2D eigenvalue weighted by Gasteiger charge is 2.16. The molecule has 3 nitrogen and oxygen atoms in total. The zero-order valence-corrected chi connectivity index (χ0v) is 11.5. The monoisotopic (exact) mass is 272 g/mol. The number of ether oxygens (including phenoxy) is 1. The second-order valence-electron chi connectivity index (χ2n) is 4.51. The molecule has 0 aliphatic carbocycles. The molecule has 19 heavy (non-hydrogen) atoms. The SMILES string of the molecule is c1ccc(-c2nccc(OC3CCSCC3)n2)cc1. The van der Waals surface area contributed by atoms with Gasteiger partial charge in [-0.1, -0.05) is 30.3 Å². The molecule has 0 bridgehead atoms. The third kappa shape index (κ3) is 3.26. The van der Waals surface area contributed by atoms with Crippen LogP contribution in [-0.2, 0) is 0 Å². The van der Waals surface area contributed by atoms with Gasteiger partial charge in [-0.15, -0.1) is 0 Å². The van der Waals surface area contributed by atoms with Crippen LogP contribution in [-0.4, -0.2) is 27.6 Å². The van der Waals surface area contributed by atoms with Gasteiger partial charge in [0.25, 0.3) is 0 Å². The van der Waals surface area contributed by atoms with E-state index >= 15 is 0 Å². The topological polar surface area (TPSA) is 35.0 Å². The largest absolute Gasteiger partial charge is 0.474 e. The van der Waals surface area contributed by atoms with Gasteiger partial charge in [-0.3, -0.25) is 0 Å². The van der Waals surface area contributed by atoms with Gasteiger partial charge in [-0.25, -0.2) is 4.98 Å². The molecular weight excluding hydrogens is 256 g/mol. The van der Waals surface area contributed by atoms with E-state index in [0.717, 1.165) is 24.2 Å². The Balaban J connectivity index is 1.76. The fourth-order valence-corrected chi connectivity index (χ4v) is 3.16. The molecule has 0 unspecified atom stereocenters. The van der Waals surface area contributed by atoms with Crippen LogP contribution in [0.3, 0.4) is 0 Å². The molecule has 2 heterocycles. The molecule has 2 aromatic rings. The van der Waals surface area contributed by atoms with E-state index < -0.39 is 0 Å². The van der Waals surface area contributed by atoms with Crippen LogP contribution in [0.5, 0.6) is 5.88 Å². The highest BCUT2D eigenvalue weighted by atomic mass is 32.2. The average molecular weight is 272 g/mol. The van der Waals surface area contributed by atoms with E-state index in [1.54, 1.807) is 6.20 Å². The van der Waals surface area contributed by atoms with Crippen molar-refractivity contribution in [2.45, 2.75) is 18.9 Å². The maximum atomic E-state index is 5.95. The van der Waals surface area contributed by atoms with E-state index in [1.807, 2.05) is 48.2 Å². The van der Waals surface area contributed by atoms with Crippen LogP contribution in [0.15, 0.2) is 42.6 Å². The Labute approximate surface area is 117 Å². The maximum Gasteiger partial charge on any atom is 0.217 e. The van der Waals surface area contributed by atoms with E-state index in [-0.39, 0.29) is 0 Å². The second kappa shape index (κ2) is 6.06. The van der Waals surface area contributed by atoms with Crippen molar-refractivity contribution in [3.63, 3.8) is 0 Å². The van der Waals surface area contributed by atoms with Gasteiger partial charge in [0.15, 0.2) is 5.82 Å². The van der Waals surface area contributed by atoms with Crippen molar-refractivity contribution in [3.8, 4) is 17.3 Å². The normalized spacial score (nSPS) is 16.2. The first-order chi connectivity index (χ1) is 9.42. The number of hydrogen-bond donors (Lipinski definition) is 0. The Morgan fingerprint density at radius 1 is 1.05 bits per heavy atom. The molecule has 0 spiro atoms. The Bertz CT molecular complexity index is 527. The maximum absolute atomic E-state index is 5.95. The molecule has 0 radical (unpaired) electrons. The number of aromatic nitrogens is 2. The van der Waals surface area contributed by atoms with Crippen LogP contribution in [0.2, 0.25) is 0 Å². The molecule has 0 atom stereocenters. The minimum Gasteiger partial charge on any atom is -0.474 e. The molecule has 3 rings (SSSR count). The minimum atomic E-state index is 0.305. The smallest absolute Gasteiger partial charge is 0.217 e. The van der Waals surface area contributed by atoms with Crippen LogP contribution >= 0.6 is 11.8 Å². The summed E-state index contributed by atoms with van der Waals surface area (Å²) in [7, 11) is 0. The van der Waals surface area contributed by atoms with E-state index in [1.165, 1.54) is 11.5 Å². The van der Waals surface area contributed by atoms with Crippen LogP contribution in [0.4, 0.5) is 0 Å². The summed E-state index contributed by atoms with van der Waals surface area (Å²) < 4.78 is 5.95. The van der Waals surface area contributed by atoms with Crippen LogP contribution in [0.1, 0.15) is 12.8 Å². The first-order valence-corrected chi connectivity index (χ1v) is 7.70. The van der Waals surface area contributed by atoms with Crippen molar-refractivity contribution in [1.29, 1.82) is 0 Å². The highest BCUT2D eigenvalue weighted by molar-refractivity contribution is 7.99. The Morgan fingerprint density at radius 2 is 1.84 bits per heavy atom. The molecule has 1 aliphatic rings. The van der Waals surface area contributed by atoms with Crippen LogP contribution < -0.4 is 4.74 Å². The Hall–Kier alpha value is -1.55. The zero-order valence-electron chi connectivity index (χ0n) is 10.7. The third-order valence-electron chi connectivity index (χ3n) is 3.12. The summed E-state index contributed by atoms with van der Waals surface area (Å²) in [5.41, 5.74) is 1.02. The van der Waals surface area contributed by atoms with Gasteiger partial charge >= 0.3 is 0 Å². The van der Waals surface area contributed by atoms with Crippen molar-refractivity contribution in [1.82, 2.24) is 9.97 Å². The summed E-state index contributed by atoms with van der Waals surface area (Å²) in [6.45, 7) is 0. The summed E-state index contributed by atoms with van der Waals surface area (Å²) in [4.78, 5) is 8.80. The van der Waals surface area contributed by atoms with Gasteiger partial charge in [0.05, 0.1) is 0 Å². The quantitative estimate of drug-likeness (QED) is 0.857. The third-order valence-corrected chi connectivity index (χ3v) is 4.17. The summed E-state index contributed by atoms with van der Waals surface area (Å²) in [6.07, 6.45) is 4.28. The Kier molecular flexibility index (Phi) is 3.98. The second-order valence-corrected chi connectivity index (χ2v) is 5.74. The molecule has 1 aromatic carbocycles. The van der Waals surface area contributed by atoms with Crippen molar-refractivity contribution in [2.24, 2.45) is 0 Å². The van der Waals surface area contributed by atoms with Gasteiger partial charge in [0, 0.05) is 17.8 Å². The Morgan fingerprint density at radius 3 is 2.63 bits per heavy atom. The van der Waals surface area contributed by atoms with Gasteiger partial charge in [0.1, 0.15) is 6.10 Å². The lowest BCUT2D eigenvalue weighted by molar-refractivity contribution is 0.184. The van der Waals surface area contributed by atoms with E-state index in [0.29, 0.717) is 12.0 Å². The van der Waals surface area contributed by atoms with Gasteiger partial charge in [-0.05, 0) is 24.3 Å². The first kappa shape index (κ1) is 12.5. The summed E-state index contributed by atoms with van der Waals surface area (Å²) in [5, 5.41) is 0. The molecule has 1 aliphatic heterocycles. The number of benzene rings is 1. The lowest BCUT2D eigenvalue weighted by Gasteiger charge is -2.22. The van der Waals surface area contributed by atoms with Crippen molar-refractivity contribution in [3.05, 3.63) is 42.6 Å². The number of nitrogens with zero attached hydrogens (tertiary/aromatic N) is 2. The molecule has 4 heteroatoms. The van der Waals surface area contributed by atoms with Gasteiger partial charge < -0.3 is 4.74 Å². The molecule has 1 saturated heterocycles. The molecule has 0 N–H and O–H groups in total. The highest BCUT2D eigenvalue weighted by Crippen LogP contribution is 2.23. The fraction of sp³-hybridized carbons (Fsp3) is 0.333. The molecule has 0 saturated carbocycles. The first-order valence-electron chi connectivity index (χ1n) is 6.55. The summed E-state index contributed by atoms with van der Waals surface area (Å²) in [6, 6.07) is 11.8. The zero-order chi connectivity index (χ0) is 12.9. The molecule has 0 amide bonds. The van der Waals surface area contributed by atoms with E-state index in [4.69, 9.17) is 4.74 Å². The molecule has 1 fully saturated rings. The lowest BCUT2D eigenvalue weighted by Crippen LogP contribution is -2.22. The predicted molar refractivity (Wildman–Crippen MR) is 78.4 cm³/mol. The summed E-state index contributed by atoms with van der Waals surface area (Å²) in [5.74, 6) is 3.77. The minimum absolute atomic E-state index is 0.305. The van der Waals surface area contributed by atoms with E-state index in [9.17, 15) is 0 Å². The van der Waals surface area contributed by atoms with Gasteiger partial charge in [0.2, 0.25) is 5.88 Å². The molecule has 1 aromatic heterocycles. The fourth-order valence-electron chi connectivity index (χ4n) is 2.10. The summed E-state index contributed by atoms with van der Waals surface area (Å²) >= 11 is 2.00. The molecule has 98 valence electrons. The van der Waals surface area contributed by atoms with E-state index in [2.05, 4.69) is 9.97 Å². The number of rotatable bonds is 3. The lowest BCUT2D eigenvalue weighted by atomic mass is 10.2. The van der Waals surface area contributed by atoms with Crippen LogP contribution in [0.25, 0.3) is 11.4 Å². The van der Waals surface area contributed by atoms with Crippen LogP contribution in [0, 0.1) is 0 Å².